The number of amides is 2. The zero-order valence-corrected chi connectivity index (χ0v) is 14.0. The fourth-order valence-corrected chi connectivity index (χ4v) is 3.10. The number of quaternary nitrogens is 1. The second-order valence-corrected chi connectivity index (χ2v) is 6.25. The number of nitrogens with zero attached hydrogens (tertiary/aromatic N) is 1. The first-order chi connectivity index (χ1) is 10.4. The van der Waals surface area contributed by atoms with Crippen molar-refractivity contribution in [2.24, 2.45) is 0 Å². The second kappa shape index (κ2) is 6.92. The molecule has 1 heterocycles. The van der Waals surface area contributed by atoms with Gasteiger partial charge in [-0.05, 0) is 31.9 Å². The summed E-state index contributed by atoms with van der Waals surface area (Å²) in [5.74, 6) is 0.163. The first kappa shape index (κ1) is 16.5. The highest BCUT2D eigenvalue weighted by Gasteiger charge is 2.23. The highest BCUT2D eigenvalue weighted by molar-refractivity contribution is 5.93. The Morgan fingerprint density at radius 1 is 1.14 bits per heavy atom. The summed E-state index contributed by atoms with van der Waals surface area (Å²) >= 11 is 0. The first-order valence-electron chi connectivity index (χ1n) is 7.83. The number of carbonyl (C=O) groups excluding carboxylic acids is 2. The lowest BCUT2D eigenvalue weighted by Gasteiger charge is -2.31. The lowest BCUT2D eigenvalue weighted by molar-refractivity contribution is -0.895. The van der Waals surface area contributed by atoms with Crippen LogP contribution in [0.3, 0.4) is 0 Å². The van der Waals surface area contributed by atoms with Gasteiger partial charge in [-0.1, -0.05) is 17.7 Å². The quantitative estimate of drug-likeness (QED) is 0.844. The molecule has 5 heteroatoms. The lowest BCUT2D eigenvalue weighted by atomic mass is 10.1. The third-order valence-electron chi connectivity index (χ3n) is 4.27. The number of anilines is 1. The summed E-state index contributed by atoms with van der Waals surface area (Å²) in [6.07, 6.45) is 0. The largest absolute Gasteiger partial charge is 0.332 e. The van der Waals surface area contributed by atoms with Gasteiger partial charge in [-0.2, -0.15) is 0 Å². The van der Waals surface area contributed by atoms with Gasteiger partial charge in [0.2, 0.25) is 5.91 Å². The molecule has 2 amide bonds. The van der Waals surface area contributed by atoms with Crippen LogP contribution in [0.1, 0.15) is 23.6 Å². The van der Waals surface area contributed by atoms with Crippen LogP contribution in [0.4, 0.5) is 5.69 Å². The monoisotopic (exact) mass is 304 g/mol. The van der Waals surface area contributed by atoms with Crippen molar-refractivity contribution >= 4 is 17.5 Å². The third-order valence-corrected chi connectivity index (χ3v) is 4.27. The summed E-state index contributed by atoms with van der Waals surface area (Å²) in [5.41, 5.74) is 4.33. The minimum atomic E-state index is 0.0429. The Balaban J connectivity index is 1.90. The molecule has 0 aromatic heterocycles. The van der Waals surface area contributed by atoms with Crippen LogP contribution in [0.2, 0.25) is 0 Å². The van der Waals surface area contributed by atoms with Gasteiger partial charge in [0.1, 0.15) is 0 Å². The molecule has 0 saturated carbocycles. The number of carbonyl (C=O) groups is 2. The van der Waals surface area contributed by atoms with Crippen molar-refractivity contribution in [3.8, 4) is 0 Å². The van der Waals surface area contributed by atoms with E-state index in [1.807, 2.05) is 18.7 Å². The van der Waals surface area contributed by atoms with Crippen molar-refractivity contribution < 1.29 is 14.5 Å². The molecule has 22 heavy (non-hydrogen) atoms. The van der Waals surface area contributed by atoms with E-state index < -0.39 is 0 Å². The number of nitrogens with one attached hydrogen (secondary N) is 2. The summed E-state index contributed by atoms with van der Waals surface area (Å²) in [6.45, 7) is 11.3. The zero-order chi connectivity index (χ0) is 16.3. The van der Waals surface area contributed by atoms with Gasteiger partial charge in [0.15, 0.2) is 6.54 Å². The molecule has 0 radical (unpaired) electrons. The van der Waals surface area contributed by atoms with E-state index in [4.69, 9.17) is 0 Å². The molecule has 0 aliphatic carbocycles. The maximum Gasteiger partial charge on any atom is 0.279 e. The Bertz CT molecular complexity index is 552. The summed E-state index contributed by atoms with van der Waals surface area (Å²) in [6, 6.07) is 4.17. The van der Waals surface area contributed by atoms with Gasteiger partial charge < -0.3 is 15.1 Å². The van der Waals surface area contributed by atoms with Crippen LogP contribution in [0.5, 0.6) is 0 Å². The van der Waals surface area contributed by atoms with Crippen molar-refractivity contribution in [3.63, 3.8) is 0 Å². The van der Waals surface area contributed by atoms with E-state index in [9.17, 15) is 9.59 Å². The average Bonchev–Trinajstić information content (AvgIpc) is 2.43. The molecule has 0 bridgehead atoms. The third kappa shape index (κ3) is 4.07. The Morgan fingerprint density at radius 2 is 1.68 bits per heavy atom. The van der Waals surface area contributed by atoms with Crippen LogP contribution in [0, 0.1) is 20.8 Å². The molecule has 1 saturated heterocycles. The van der Waals surface area contributed by atoms with E-state index in [0.29, 0.717) is 6.54 Å². The van der Waals surface area contributed by atoms with Crippen LogP contribution < -0.4 is 10.2 Å². The van der Waals surface area contributed by atoms with Crippen molar-refractivity contribution in [2.45, 2.75) is 27.7 Å². The predicted octanol–water partition coefficient (Wildman–Crippen LogP) is 0.297. The fraction of sp³-hybridized carbons (Fsp3) is 0.529. The van der Waals surface area contributed by atoms with Gasteiger partial charge in [0.05, 0.1) is 26.2 Å². The maximum atomic E-state index is 12.3. The van der Waals surface area contributed by atoms with Gasteiger partial charge in [0, 0.05) is 12.6 Å². The lowest BCUT2D eigenvalue weighted by Crippen LogP contribution is -3.15. The number of rotatable bonds is 3. The normalized spacial score (nSPS) is 15.7. The van der Waals surface area contributed by atoms with Crippen molar-refractivity contribution in [3.05, 3.63) is 28.8 Å². The summed E-state index contributed by atoms with van der Waals surface area (Å²) < 4.78 is 0. The molecule has 0 atom stereocenters. The molecule has 1 aromatic carbocycles. The minimum absolute atomic E-state index is 0.0429. The Morgan fingerprint density at radius 3 is 2.18 bits per heavy atom. The van der Waals surface area contributed by atoms with E-state index in [1.165, 1.54) is 10.5 Å². The van der Waals surface area contributed by atoms with Crippen LogP contribution in [-0.2, 0) is 9.59 Å². The van der Waals surface area contributed by atoms with Crippen LogP contribution in [0.15, 0.2) is 12.1 Å². The molecule has 1 fully saturated rings. The summed E-state index contributed by atoms with van der Waals surface area (Å²) in [4.78, 5) is 26.7. The number of benzene rings is 1. The van der Waals surface area contributed by atoms with Gasteiger partial charge in [-0.15, -0.1) is 0 Å². The SMILES string of the molecule is CC(=O)N1CC[NH+](CC(=O)Nc2c(C)cc(C)cc2C)CC1. The zero-order valence-electron chi connectivity index (χ0n) is 14.0. The predicted molar refractivity (Wildman–Crippen MR) is 87.1 cm³/mol. The molecule has 1 aliphatic rings. The van der Waals surface area contributed by atoms with Crippen LogP contribution >= 0.6 is 0 Å². The van der Waals surface area contributed by atoms with Gasteiger partial charge >= 0.3 is 0 Å². The molecule has 2 rings (SSSR count). The van der Waals surface area contributed by atoms with E-state index in [-0.39, 0.29) is 11.8 Å². The number of hydrogen-bond donors (Lipinski definition) is 2. The molecule has 0 spiro atoms. The highest BCUT2D eigenvalue weighted by Crippen LogP contribution is 2.21. The van der Waals surface area contributed by atoms with Crippen molar-refractivity contribution in [1.29, 1.82) is 0 Å². The molecule has 2 N–H and O–H groups in total. The number of hydrogen-bond acceptors (Lipinski definition) is 2. The van der Waals surface area contributed by atoms with E-state index in [1.54, 1.807) is 6.92 Å². The smallest absolute Gasteiger partial charge is 0.279 e. The Labute approximate surface area is 132 Å². The van der Waals surface area contributed by atoms with Crippen molar-refractivity contribution in [1.82, 2.24) is 4.90 Å². The molecule has 1 aliphatic heterocycles. The average molecular weight is 304 g/mol. The summed E-state index contributed by atoms with van der Waals surface area (Å²) in [5, 5.41) is 3.05. The maximum absolute atomic E-state index is 12.3. The molecule has 0 unspecified atom stereocenters. The highest BCUT2D eigenvalue weighted by atomic mass is 16.2. The van der Waals surface area contributed by atoms with Gasteiger partial charge in [-0.3, -0.25) is 9.59 Å². The van der Waals surface area contributed by atoms with E-state index in [2.05, 4.69) is 24.4 Å². The minimum Gasteiger partial charge on any atom is -0.332 e. The molecule has 120 valence electrons. The summed E-state index contributed by atoms with van der Waals surface area (Å²) in [7, 11) is 0. The number of aryl methyl sites for hydroxylation is 3. The van der Waals surface area contributed by atoms with Crippen LogP contribution in [-0.4, -0.2) is 49.4 Å². The molecule has 5 nitrogen and oxygen atoms in total. The second-order valence-electron chi connectivity index (χ2n) is 6.25. The molecule has 1 aromatic rings. The Hall–Kier alpha value is -1.88. The van der Waals surface area contributed by atoms with E-state index in [0.717, 1.165) is 43.0 Å². The van der Waals surface area contributed by atoms with Crippen LogP contribution in [0.25, 0.3) is 0 Å². The standard InChI is InChI=1S/C17H25N3O2/c1-12-9-13(2)17(14(3)10-12)18-16(22)11-19-5-7-20(8-6-19)15(4)21/h9-10H,5-8,11H2,1-4H3,(H,18,22)/p+1. The Kier molecular flexibility index (Phi) is 5.19. The topological polar surface area (TPSA) is 53.9 Å². The van der Waals surface area contributed by atoms with E-state index >= 15 is 0 Å². The van der Waals surface area contributed by atoms with Crippen molar-refractivity contribution in [2.75, 3.05) is 38.0 Å². The van der Waals surface area contributed by atoms with Gasteiger partial charge in [0.25, 0.3) is 5.91 Å². The number of piperazine rings is 1. The fourth-order valence-electron chi connectivity index (χ4n) is 3.10. The molecular formula is C17H26N3O2+. The van der Waals surface area contributed by atoms with Gasteiger partial charge in [-0.25, -0.2) is 0 Å². The molecular weight excluding hydrogens is 278 g/mol. The first-order valence-corrected chi connectivity index (χ1v) is 7.83.